The fourth-order valence-corrected chi connectivity index (χ4v) is 1.25. The average Bonchev–Trinajstić information content (AvgIpc) is 1.53. The van der Waals surface area contributed by atoms with Gasteiger partial charge in [-0.25, -0.2) is 9.13 Å². The third-order valence-corrected chi connectivity index (χ3v) is 1.91. The summed E-state index contributed by atoms with van der Waals surface area (Å²) in [4.78, 5) is 31.0. The lowest BCUT2D eigenvalue weighted by Crippen LogP contribution is -1.84. The lowest BCUT2D eigenvalue weighted by atomic mass is 11.9. The van der Waals surface area contributed by atoms with Gasteiger partial charge in [0.1, 0.15) is 0 Å². The summed E-state index contributed by atoms with van der Waals surface area (Å²) in [7, 11) is -10.1. The SMILES string of the molecule is ClCCl.O=P(O)(O)OP(=O)(O)O. The van der Waals surface area contributed by atoms with E-state index in [1.54, 1.807) is 0 Å². The molecule has 0 fully saturated rings. The Kier molecular flexibility index (Phi) is 8.06. The van der Waals surface area contributed by atoms with Crippen molar-refractivity contribution in [3.05, 3.63) is 0 Å². The van der Waals surface area contributed by atoms with Crippen LogP contribution >= 0.6 is 38.8 Å². The first kappa shape index (κ1) is 15.3. The fourth-order valence-electron chi connectivity index (χ4n) is 0.139. The minimum absolute atomic E-state index is 0.194. The fraction of sp³-hybridized carbons (Fsp3) is 1.00. The molecule has 0 aliphatic rings. The second-order valence-corrected chi connectivity index (χ2v) is 4.59. The van der Waals surface area contributed by atoms with Gasteiger partial charge in [0.2, 0.25) is 0 Å². The molecule has 12 heavy (non-hydrogen) atoms. The van der Waals surface area contributed by atoms with E-state index in [9.17, 15) is 9.13 Å². The molecule has 0 saturated carbocycles. The van der Waals surface area contributed by atoms with Crippen molar-refractivity contribution >= 4 is 38.8 Å². The third kappa shape index (κ3) is 22.4. The summed E-state index contributed by atoms with van der Waals surface area (Å²) in [6, 6.07) is 0. The van der Waals surface area contributed by atoms with Crippen LogP contribution in [0.3, 0.4) is 0 Å². The van der Waals surface area contributed by atoms with Gasteiger partial charge < -0.3 is 19.6 Å². The molecule has 76 valence electrons. The summed E-state index contributed by atoms with van der Waals surface area (Å²) in [5.74, 6) is 0. The third-order valence-electron chi connectivity index (χ3n) is 0.213. The predicted octanol–water partition coefficient (Wildman–Crippen LogP) is 0.610. The topological polar surface area (TPSA) is 124 Å². The van der Waals surface area contributed by atoms with Crippen molar-refractivity contribution in [3.8, 4) is 0 Å². The van der Waals surface area contributed by atoms with Crippen molar-refractivity contribution in [3.63, 3.8) is 0 Å². The second kappa shape index (κ2) is 6.32. The Balaban J connectivity index is 0. The van der Waals surface area contributed by atoms with Crippen molar-refractivity contribution in [1.82, 2.24) is 0 Å². The summed E-state index contributed by atoms with van der Waals surface area (Å²) in [6.07, 6.45) is 0. The highest BCUT2D eigenvalue weighted by molar-refractivity contribution is 7.60. The highest BCUT2D eigenvalue weighted by atomic mass is 35.5. The molecule has 0 radical (unpaired) electrons. The Bertz CT molecular complexity index is 172. The molecule has 0 aromatic carbocycles. The molecule has 0 unspecified atom stereocenters. The molecule has 11 heteroatoms. The van der Waals surface area contributed by atoms with E-state index in [0.717, 1.165) is 0 Å². The van der Waals surface area contributed by atoms with Crippen molar-refractivity contribution in [2.24, 2.45) is 0 Å². The van der Waals surface area contributed by atoms with Crippen molar-refractivity contribution in [2.45, 2.75) is 0 Å². The maximum atomic E-state index is 9.63. The van der Waals surface area contributed by atoms with Crippen LogP contribution in [0.1, 0.15) is 0 Å². The molecule has 0 aliphatic carbocycles. The number of hydrogen-bond acceptors (Lipinski definition) is 3. The standard InChI is InChI=1S/CH2Cl2.H4O7P2/c2-1-3;1-8(2,3)7-9(4,5)6/h1H2;(H2,1,2,3)(H2,4,5,6). The van der Waals surface area contributed by atoms with E-state index in [-0.39, 0.29) is 5.34 Å². The Morgan fingerprint density at radius 3 is 1.17 bits per heavy atom. The molecule has 0 atom stereocenters. The van der Waals surface area contributed by atoms with Gasteiger partial charge in [-0.1, -0.05) is 0 Å². The molecule has 0 saturated heterocycles. The number of hydrogen-bond donors (Lipinski definition) is 4. The van der Waals surface area contributed by atoms with Crippen LogP contribution in [0.5, 0.6) is 0 Å². The van der Waals surface area contributed by atoms with Gasteiger partial charge in [0.05, 0.1) is 5.34 Å². The minimum Gasteiger partial charge on any atom is -0.302 e. The zero-order valence-corrected chi connectivity index (χ0v) is 8.67. The van der Waals surface area contributed by atoms with Crippen LogP contribution in [0.4, 0.5) is 0 Å². The largest absolute Gasteiger partial charge is 0.478 e. The normalized spacial score (nSPS) is 11.8. The van der Waals surface area contributed by atoms with Crippen LogP contribution in [-0.4, -0.2) is 24.9 Å². The van der Waals surface area contributed by atoms with E-state index in [0.29, 0.717) is 0 Å². The molecule has 0 bridgehead atoms. The van der Waals surface area contributed by atoms with Crippen LogP contribution in [0.15, 0.2) is 0 Å². The highest BCUT2D eigenvalue weighted by Crippen LogP contribution is 2.53. The molecule has 0 amide bonds. The van der Waals surface area contributed by atoms with Crippen LogP contribution in [0, 0.1) is 0 Å². The van der Waals surface area contributed by atoms with E-state index in [1.807, 2.05) is 0 Å². The first-order chi connectivity index (χ1) is 5.12. The summed E-state index contributed by atoms with van der Waals surface area (Å²) in [6.45, 7) is 0. The van der Waals surface area contributed by atoms with Gasteiger partial charge in [-0.2, -0.15) is 4.31 Å². The molecule has 0 aromatic rings. The molecular formula is CH6Cl2O7P2. The molecule has 4 N–H and O–H groups in total. The van der Waals surface area contributed by atoms with Crippen LogP contribution < -0.4 is 0 Å². The van der Waals surface area contributed by atoms with Gasteiger partial charge in [0.25, 0.3) is 0 Å². The number of phosphoric acid groups is 2. The molecule has 0 rings (SSSR count). The minimum atomic E-state index is -5.05. The summed E-state index contributed by atoms with van der Waals surface area (Å²) >= 11 is 9.53. The van der Waals surface area contributed by atoms with E-state index in [4.69, 9.17) is 42.8 Å². The van der Waals surface area contributed by atoms with E-state index in [1.165, 1.54) is 0 Å². The van der Waals surface area contributed by atoms with E-state index < -0.39 is 15.6 Å². The summed E-state index contributed by atoms with van der Waals surface area (Å²) in [5.41, 5.74) is 0. The lowest BCUT2D eigenvalue weighted by Gasteiger charge is -2.03. The Hall–Kier alpha value is 0.840. The average molecular weight is 263 g/mol. The first-order valence-electron chi connectivity index (χ1n) is 2.06. The van der Waals surface area contributed by atoms with Gasteiger partial charge in [0.15, 0.2) is 0 Å². The Labute approximate surface area is 77.7 Å². The second-order valence-electron chi connectivity index (χ2n) is 1.16. The van der Waals surface area contributed by atoms with Crippen molar-refractivity contribution < 1.29 is 33.0 Å². The zero-order chi connectivity index (χ0) is 10.4. The quantitative estimate of drug-likeness (QED) is 0.424. The maximum Gasteiger partial charge on any atom is 0.478 e. The lowest BCUT2D eigenvalue weighted by molar-refractivity contribution is 0.225. The van der Waals surface area contributed by atoms with Crippen LogP contribution in [0.2, 0.25) is 0 Å². The van der Waals surface area contributed by atoms with Gasteiger partial charge >= 0.3 is 15.6 Å². The molecule has 0 spiro atoms. The van der Waals surface area contributed by atoms with Gasteiger partial charge in [0, 0.05) is 0 Å². The highest BCUT2D eigenvalue weighted by Gasteiger charge is 2.27. The first-order valence-corrected chi connectivity index (χ1v) is 6.19. The maximum absolute atomic E-state index is 9.63. The summed E-state index contributed by atoms with van der Waals surface area (Å²) < 4.78 is 22.2. The summed E-state index contributed by atoms with van der Waals surface area (Å²) in [5, 5.41) is 0.194. The number of alkyl halides is 2. The van der Waals surface area contributed by atoms with Crippen molar-refractivity contribution in [2.75, 3.05) is 5.34 Å². The smallest absolute Gasteiger partial charge is 0.302 e. The predicted molar refractivity (Wildman–Crippen MR) is 41.7 cm³/mol. The zero-order valence-electron chi connectivity index (χ0n) is 5.37. The molecule has 0 aliphatic heterocycles. The molecule has 7 nitrogen and oxygen atoms in total. The van der Waals surface area contributed by atoms with Gasteiger partial charge in [-0.15, -0.1) is 23.2 Å². The van der Waals surface area contributed by atoms with E-state index in [2.05, 4.69) is 4.31 Å². The van der Waals surface area contributed by atoms with Gasteiger partial charge in [-0.05, 0) is 0 Å². The Morgan fingerprint density at radius 2 is 1.17 bits per heavy atom. The van der Waals surface area contributed by atoms with Gasteiger partial charge in [-0.3, -0.25) is 0 Å². The van der Waals surface area contributed by atoms with Crippen LogP contribution in [-0.2, 0) is 13.4 Å². The molecule has 0 aromatic heterocycles. The Morgan fingerprint density at radius 1 is 1.00 bits per heavy atom. The number of halogens is 2. The molecule has 0 heterocycles. The number of rotatable bonds is 2. The monoisotopic (exact) mass is 262 g/mol. The van der Waals surface area contributed by atoms with Crippen molar-refractivity contribution in [1.29, 1.82) is 0 Å². The van der Waals surface area contributed by atoms with E-state index >= 15 is 0 Å². The van der Waals surface area contributed by atoms with Crippen LogP contribution in [0.25, 0.3) is 0 Å². The molecular weight excluding hydrogens is 257 g/mol.